The van der Waals surface area contributed by atoms with Gasteiger partial charge in [0.05, 0.1) is 36.7 Å². The van der Waals surface area contributed by atoms with Crippen molar-refractivity contribution in [1.82, 2.24) is 4.90 Å². The number of amides is 1. The normalized spacial score (nSPS) is 21.8. The van der Waals surface area contributed by atoms with Crippen molar-refractivity contribution in [1.29, 1.82) is 0 Å². The molecule has 172 valence electrons. The van der Waals surface area contributed by atoms with Gasteiger partial charge in [0.1, 0.15) is 10.7 Å². The minimum absolute atomic E-state index is 0.000285. The highest BCUT2D eigenvalue weighted by Crippen LogP contribution is 2.51. The first-order chi connectivity index (χ1) is 16.1. The zero-order valence-corrected chi connectivity index (χ0v) is 20.5. The van der Waals surface area contributed by atoms with Gasteiger partial charge in [-0.15, -0.1) is 0 Å². The Morgan fingerprint density at radius 2 is 1.85 bits per heavy atom. The van der Waals surface area contributed by atoms with Crippen LogP contribution in [0.5, 0.6) is 5.75 Å². The molecule has 0 aromatic heterocycles. The van der Waals surface area contributed by atoms with Gasteiger partial charge in [0.15, 0.2) is 5.17 Å². The summed E-state index contributed by atoms with van der Waals surface area (Å²) in [5.74, 6) is 0.802. The summed E-state index contributed by atoms with van der Waals surface area (Å²) in [5.41, 5.74) is 3.06. The van der Waals surface area contributed by atoms with Gasteiger partial charge in [0.25, 0.3) is 5.91 Å². The number of benzene rings is 2. The lowest BCUT2D eigenvalue weighted by Gasteiger charge is -2.28. The Morgan fingerprint density at radius 3 is 2.55 bits per heavy atom. The number of hydrogen-bond acceptors (Lipinski definition) is 8. The van der Waals surface area contributed by atoms with Crippen LogP contribution in [0.15, 0.2) is 62.3 Å². The summed E-state index contributed by atoms with van der Waals surface area (Å²) >= 11 is 3.06. The van der Waals surface area contributed by atoms with E-state index in [9.17, 15) is 4.79 Å². The summed E-state index contributed by atoms with van der Waals surface area (Å²) in [6, 6.07) is 14.2. The van der Waals surface area contributed by atoms with E-state index < -0.39 is 0 Å². The van der Waals surface area contributed by atoms with Gasteiger partial charge >= 0.3 is 0 Å². The maximum absolute atomic E-state index is 13.3. The number of carbonyl (C=O) groups excluding carboxylic acids is 1. The number of anilines is 2. The van der Waals surface area contributed by atoms with Crippen molar-refractivity contribution in [2.75, 3.05) is 56.8 Å². The van der Waals surface area contributed by atoms with Crippen LogP contribution < -0.4 is 14.5 Å². The van der Waals surface area contributed by atoms with Crippen LogP contribution in [0.2, 0.25) is 0 Å². The number of likely N-dealkylation sites (N-methyl/N-ethyl adjacent to an activating group) is 1. The second-order valence-corrected chi connectivity index (χ2v) is 9.80. The lowest BCUT2D eigenvalue weighted by atomic mass is 10.2. The lowest BCUT2D eigenvalue weighted by Crippen LogP contribution is -2.36. The first-order valence-corrected chi connectivity index (χ1v) is 12.6. The molecule has 0 aliphatic carbocycles. The van der Waals surface area contributed by atoms with Crippen LogP contribution in [0.1, 0.15) is 6.92 Å². The van der Waals surface area contributed by atoms with E-state index >= 15 is 0 Å². The third kappa shape index (κ3) is 4.20. The second-order valence-electron chi connectivity index (χ2n) is 7.79. The summed E-state index contributed by atoms with van der Waals surface area (Å²) in [7, 11) is 3.65. The number of rotatable bonds is 4. The first kappa shape index (κ1) is 22.2. The monoisotopic (exact) mass is 482 g/mol. The molecule has 0 saturated carbocycles. The fourth-order valence-corrected chi connectivity index (χ4v) is 6.41. The number of amidine groups is 1. The molecule has 0 radical (unpaired) electrons. The van der Waals surface area contributed by atoms with E-state index in [1.165, 1.54) is 17.4 Å². The smallest absolute Gasteiger partial charge is 0.269 e. The van der Waals surface area contributed by atoms with Crippen molar-refractivity contribution >= 4 is 51.7 Å². The van der Waals surface area contributed by atoms with Crippen LogP contribution in [0, 0.1) is 0 Å². The predicted molar refractivity (Wildman–Crippen MR) is 136 cm³/mol. The number of fused-ring (bicyclic) bond motifs is 1. The maximum atomic E-state index is 13.3. The zero-order valence-electron chi connectivity index (χ0n) is 18.9. The zero-order chi connectivity index (χ0) is 22.9. The molecular weight excluding hydrogens is 456 g/mol. The number of ether oxygens (including phenoxy) is 2. The standard InChI is InChI=1S/C24H26N4O3S2/c1-4-28-22(29)21(23-26(2)19-15-18(30-3)9-10-20(19)32-23)33-24(28)25-16-5-7-17(8-6-16)27-11-13-31-14-12-27/h5-10,15H,4,11-14H2,1-3H3. The molecule has 2 fully saturated rings. The highest BCUT2D eigenvalue weighted by molar-refractivity contribution is 8.19. The van der Waals surface area contributed by atoms with Gasteiger partial charge in [0, 0.05) is 43.3 Å². The van der Waals surface area contributed by atoms with Gasteiger partial charge in [-0.25, -0.2) is 4.99 Å². The van der Waals surface area contributed by atoms with Gasteiger partial charge in [-0.05, 0) is 55.1 Å². The number of thioether (sulfide) groups is 2. The van der Waals surface area contributed by atoms with Crippen LogP contribution in [0.4, 0.5) is 17.1 Å². The number of aliphatic imine (C=N–C) groups is 1. The molecule has 7 nitrogen and oxygen atoms in total. The summed E-state index contributed by atoms with van der Waals surface area (Å²) in [5, 5.41) is 1.64. The van der Waals surface area contributed by atoms with Crippen LogP contribution in [0.3, 0.4) is 0 Å². The van der Waals surface area contributed by atoms with Crippen LogP contribution in [-0.2, 0) is 9.53 Å². The second kappa shape index (κ2) is 9.32. The van der Waals surface area contributed by atoms with Gasteiger partial charge < -0.3 is 19.3 Å². The van der Waals surface area contributed by atoms with E-state index in [1.54, 1.807) is 23.8 Å². The van der Waals surface area contributed by atoms with Crippen molar-refractivity contribution in [3.8, 4) is 5.75 Å². The highest BCUT2D eigenvalue weighted by atomic mass is 32.2. The quantitative estimate of drug-likeness (QED) is 0.594. The molecule has 2 saturated heterocycles. The summed E-state index contributed by atoms with van der Waals surface area (Å²) in [6.07, 6.45) is 0. The van der Waals surface area contributed by atoms with E-state index in [0.717, 1.165) is 53.4 Å². The summed E-state index contributed by atoms with van der Waals surface area (Å²) in [6.45, 7) is 5.87. The lowest BCUT2D eigenvalue weighted by molar-refractivity contribution is -0.122. The van der Waals surface area contributed by atoms with E-state index in [-0.39, 0.29) is 5.91 Å². The number of hydrogen-bond donors (Lipinski definition) is 0. The van der Waals surface area contributed by atoms with Crippen LogP contribution in [0.25, 0.3) is 0 Å². The molecule has 5 rings (SSSR count). The number of carbonyl (C=O) groups is 1. The minimum Gasteiger partial charge on any atom is -0.497 e. The van der Waals surface area contributed by atoms with Gasteiger partial charge in [-0.2, -0.15) is 0 Å². The molecule has 0 spiro atoms. The number of nitrogens with zero attached hydrogens (tertiary/aromatic N) is 4. The fraction of sp³-hybridized carbons (Fsp3) is 0.333. The van der Waals surface area contributed by atoms with Crippen molar-refractivity contribution in [2.24, 2.45) is 4.99 Å². The van der Waals surface area contributed by atoms with Gasteiger partial charge in [0.2, 0.25) is 0 Å². The largest absolute Gasteiger partial charge is 0.497 e. The van der Waals surface area contributed by atoms with Gasteiger partial charge in [-0.3, -0.25) is 9.69 Å². The number of methoxy groups -OCH3 is 1. The third-order valence-electron chi connectivity index (χ3n) is 5.86. The van der Waals surface area contributed by atoms with Crippen LogP contribution >= 0.6 is 23.5 Å². The van der Waals surface area contributed by atoms with E-state index in [2.05, 4.69) is 21.9 Å². The maximum Gasteiger partial charge on any atom is 0.269 e. The molecule has 0 N–H and O–H groups in total. The topological polar surface area (TPSA) is 57.6 Å². The fourth-order valence-electron chi connectivity index (χ4n) is 4.02. The van der Waals surface area contributed by atoms with Crippen molar-refractivity contribution in [3.05, 3.63) is 52.4 Å². The van der Waals surface area contributed by atoms with Crippen molar-refractivity contribution in [3.63, 3.8) is 0 Å². The molecule has 0 atom stereocenters. The molecule has 3 aliphatic rings. The average Bonchev–Trinajstić information content (AvgIpc) is 3.35. The predicted octanol–water partition coefficient (Wildman–Crippen LogP) is 4.53. The molecule has 3 heterocycles. The summed E-state index contributed by atoms with van der Waals surface area (Å²) in [4.78, 5) is 26.1. The molecule has 9 heteroatoms. The van der Waals surface area contributed by atoms with E-state index in [0.29, 0.717) is 16.6 Å². The Balaban J connectivity index is 1.41. The summed E-state index contributed by atoms with van der Waals surface area (Å²) < 4.78 is 10.8. The van der Waals surface area contributed by atoms with Crippen molar-refractivity contribution in [2.45, 2.75) is 11.8 Å². The minimum atomic E-state index is 0.000285. The van der Waals surface area contributed by atoms with E-state index in [1.807, 2.05) is 44.3 Å². The Morgan fingerprint density at radius 1 is 1.09 bits per heavy atom. The Kier molecular flexibility index (Phi) is 6.27. The first-order valence-electron chi connectivity index (χ1n) is 10.9. The number of morpholine rings is 1. The van der Waals surface area contributed by atoms with Crippen molar-refractivity contribution < 1.29 is 14.3 Å². The highest BCUT2D eigenvalue weighted by Gasteiger charge is 2.38. The molecule has 2 aromatic rings. The Bertz CT molecular complexity index is 1130. The molecule has 0 bridgehead atoms. The molecule has 0 unspecified atom stereocenters. The SMILES string of the molecule is CCN1C(=O)C(=C2Sc3ccc(OC)cc3N2C)SC1=Nc1ccc(N2CCOCC2)cc1. The van der Waals surface area contributed by atoms with E-state index in [4.69, 9.17) is 14.5 Å². The molecule has 1 amide bonds. The molecular formula is C24H26N4O3S2. The average molecular weight is 483 g/mol. The Labute approximate surface area is 202 Å². The molecule has 3 aliphatic heterocycles. The molecule has 33 heavy (non-hydrogen) atoms. The van der Waals surface area contributed by atoms with Gasteiger partial charge in [-0.1, -0.05) is 11.8 Å². The third-order valence-corrected chi connectivity index (χ3v) is 8.30. The molecule has 2 aromatic carbocycles. The Hall–Kier alpha value is -2.62. The van der Waals surface area contributed by atoms with Crippen LogP contribution in [-0.4, -0.2) is 63.0 Å².